The molecule has 10 heteroatoms. The van der Waals surface area contributed by atoms with Crippen LogP contribution in [0.4, 0.5) is 31.0 Å². The van der Waals surface area contributed by atoms with E-state index in [-0.39, 0.29) is 18.2 Å². The third-order valence-electron chi connectivity index (χ3n) is 7.25. The molecule has 3 aromatic rings. The van der Waals surface area contributed by atoms with Crippen LogP contribution in [0.1, 0.15) is 49.3 Å². The summed E-state index contributed by atoms with van der Waals surface area (Å²) in [4.78, 5) is 43.5. The Kier molecular flexibility index (Phi) is 7.25. The van der Waals surface area contributed by atoms with Gasteiger partial charge in [-0.1, -0.05) is 6.07 Å². The molecule has 1 heterocycles. The lowest BCUT2D eigenvalue weighted by molar-refractivity contribution is -0.123. The number of amides is 5. The molecular formula is C30H28FN5O3S. The number of nitrogens with one attached hydrogen (secondary N) is 2. The van der Waals surface area contributed by atoms with Crippen LogP contribution < -0.4 is 15.5 Å². The highest BCUT2D eigenvalue weighted by molar-refractivity contribution is 7.98. The molecule has 0 atom stereocenters. The Hall–Kier alpha value is -4.36. The Bertz CT molecular complexity index is 1550. The third kappa shape index (κ3) is 5.25. The Balaban J connectivity index is 1.38. The number of halogens is 1. The molecule has 0 aromatic heterocycles. The normalized spacial score (nSPS) is 16.2. The summed E-state index contributed by atoms with van der Waals surface area (Å²) in [5.41, 5.74) is 1.80. The quantitative estimate of drug-likeness (QED) is 0.249. The Morgan fingerprint density at radius 3 is 2.45 bits per heavy atom. The summed E-state index contributed by atoms with van der Waals surface area (Å²) in [6.45, 7) is 3.26. The van der Waals surface area contributed by atoms with Crippen LogP contribution in [0.5, 0.6) is 0 Å². The SMILES string of the molecule is CSc1ccc(NC(=O)Nc2cc(F)ccc2CN2C(=O)N(c3ccc(C#N)c(C4CC4)c3)C(=O)C2(C)C)cc1. The minimum absolute atomic E-state index is 0.0435. The molecule has 1 saturated carbocycles. The van der Waals surface area contributed by atoms with E-state index in [4.69, 9.17) is 0 Å². The van der Waals surface area contributed by atoms with Crippen molar-refractivity contribution in [2.24, 2.45) is 0 Å². The molecule has 5 rings (SSSR count). The molecule has 8 nitrogen and oxygen atoms in total. The number of rotatable bonds is 7. The lowest BCUT2D eigenvalue weighted by Crippen LogP contribution is -2.43. The van der Waals surface area contributed by atoms with Gasteiger partial charge in [0.2, 0.25) is 0 Å². The average molecular weight is 558 g/mol. The van der Waals surface area contributed by atoms with Crippen molar-refractivity contribution in [3.8, 4) is 6.07 Å². The molecule has 2 N–H and O–H groups in total. The lowest BCUT2D eigenvalue weighted by atomic mass is 10.0. The van der Waals surface area contributed by atoms with Gasteiger partial charge in [0, 0.05) is 10.6 Å². The van der Waals surface area contributed by atoms with Crippen molar-refractivity contribution < 1.29 is 18.8 Å². The number of nitriles is 1. The predicted molar refractivity (Wildman–Crippen MR) is 153 cm³/mol. The summed E-state index contributed by atoms with van der Waals surface area (Å²) in [7, 11) is 0. The number of thioether (sulfide) groups is 1. The minimum atomic E-state index is -1.21. The highest BCUT2D eigenvalue weighted by Crippen LogP contribution is 2.44. The van der Waals surface area contributed by atoms with E-state index in [0.717, 1.165) is 28.2 Å². The maximum absolute atomic E-state index is 14.2. The molecule has 1 aliphatic carbocycles. The summed E-state index contributed by atoms with van der Waals surface area (Å²) in [6, 6.07) is 17.3. The number of carbonyl (C=O) groups is 3. The topological polar surface area (TPSA) is 106 Å². The summed E-state index contributed by atoms with van der Waals surface area (Å²) >= 11 is 1.58. The van der Waals surface area contributed by atoms with E-state index >= 15 is 0 Å². The molecule has 5 amide bonds. The monoisotopic (exact) mass is 557 g/mol. The molecule has 1 aliphatic heterocycles. The molecule has 0 radical (unpaired) electrons. The zero-order valence-corrected chi connectivity index (χ0v) is 23.1. The first-order valence-corrected chi connectivity index (χ1v) is 14.1. The van der Waals surface area contributed by atoms with Crippen molar-refractivity contribution in [2.75, 3.05) is 21.8 Å². The first-order chi connectivity index (χ1) is 19.1. The third-order valence-corrected chi connectivity index (χ3v) is 7.99. The second-order valence-corrected chi connectivity index (χ2v) is 11.2. The van der Waals surface area contributed by atoms with Crippen molar-refractivity contribution in [1.82, 2.24) is 4.90 Å². The number of imide groups is 1. The molecule has 2 aliphatic rings. The van der Waals surface area contributed by atoms with Gasteiger partial charge in [-0.3, -0.25) is 4.79 Å². The molecule has 0 bridgehead atoms. The number of hydrogen-bond acceptors (Lipinski definition) is 5. The fourth-order valence-corrected chi connectivity index (χ4v) is 5.19. The maximum Gasteiger partial charge on any atom is 0.332 e. The number of carbonyl (C=O) groups excluding carboxylic acids is 3. The average Bonchev–Trinajstić information content (AvgIpc) is 3.76. The van der Waals surface area contributed by atoms with Crippen molar-refractivity contribution in [1.29, 1.82) is 5.26 Å². The van der Waals surface area contributed by atoms with Crippen LogP contribution in [0.2, 0.25) is 0 Å². The zero-order chi connectivity index (χ0) is 28.6. The van der Waals surface area contributed by atoms with Gasteiger partial charge < -0.3 is 15.5 Å². The number of hydrogen-bond donors (Lipinski definition) is 2. The lowest BCUT2D eigenvalue weighted by Gasteiger charge is -2.28. The Labute approximate surface area is 236 Å². The van der Waals surface area contributed by atoms with Crippen molar-refractivity contribution in [3.63, 3.8) is 0 Å². The summed E-state index contributed by atoms with van der Waals surface area (Å²) < 4.78 is 14.2. The Morgan fingerprint density at radius 1 is 1.07 bits per heavy atom. The molecular weight excluding hydrogens is 529 g/mol. The van der Waals surface area contributed by atoms with Crippen LogP contribution in [0, 0.1) is 17.1 Å². The molecule has 0 spiro atoms. The molecule has 40 heavy (non-hydrogen) atoms. The van der Waals surface area contributed by atoms with E-state index in [1.165, 1.54) is 23.1 Å². The van der Waals surface area contributed by atoms with Gasteiger partial charge in [-0.25, -0.2) is 18.9 Å². The highest BCUT2D eigenvalue weighted by Gasteiger charge is 2.52. The second-order valence-electron chi connectivity index (χ2n) is 10.3. The van der Waals surface area contributed by atoms with Crippen molar-refractivity contribution >= 4 is 46.8 Å². The van der Waals surface area contributed by atoms with Crippen LogP contribution in [0.3, 0.4) is 0 Å². The molecule has 204 valence electrons. The minimum Gasteiger partial charge on any atom is -0.308 e. The Morgan fingerprint density at radius 2 is 1.80 bits per heavy atom. The van der Waals surface area contributed by atoms with Crippen LogP contribution in [-0.2, 0) is 11.3 Å². The van der Waals surface area contributed by atoms with E-state index < -0.39 is 29.3 Å². The van der Waals surface area contributed by atoms with E-state index in [9.17, 15) is 24.0 Å². The zero-order valence-electron chi connectivity index (χ0n) is 22.3. The summed E-state index contributed by atoms with van der Waals surface area (Å²) in [5, 5.41) is 14.9. The van der Waals surface area contributed by atoms with E-state index in [1.807, 2.05) is 18.4 Å². The second kappa shape index (κ2) is 10.7. The van der Waals surface area contributed by atoms with Crippen molar-refractivity contribution in [2.45, 2.75) is 49.6 Å². The number of urea groups is 2. The van der Waals surface area contributed by atoms with Gasteiger partial charge in [-0.05, 0) is 105 Å². The van der Waals surface area contributed by atoms with E-state index in [2.05, 4.69) is 16.7 Å². The molecule has 0 unspecified atom stereocenters. The van der Waals surface area contributed by atoms with Crippen LogP contribution in [0.15, 0.2) is 65.6 Å². The fraction of sp³-hybridized carbons (Fsp3) is 0.267. The largest absolute Gasteiger partial charge is 0.332 e. The van der Waals surface area contributed by atoms with E-state index in [1.54, 1.807) is 55.9 Å². The van der Waals surface area contributed by atoms with Gasteiger partial charge in [0.1, 0.15) is 11.4 Å². The van der Waals surface area contributed by atoms with Gasteiger partial charge in [-0.2, -0.15) is 5.26 Å². The smallest absolute Gasteiger partial charge is 0.308 e. The standard InChI is InChI=1S/C30H28FN5O3S/c1-30(2)27(37)36(23-11-7-19(16-32)25(15-23)18-4-5-18)29(39)35(30)17-20-6-8-21(31)14-26(20)34-28(38)33-22-9-12-24(40-3)13-10-22/h6-15,18H,4-5,17H2,1-3H3,(H2,33,34,38). The van der Waals surface area contributed by atoms with Crippen LogP contribution in [0.25, 0.3) is 0 Å². The summed E-state index contributed by atoms with van der Waals surface area (Å²) in [5.74, 6) is -0.709. The van der Waals surface area contributed by atoms with Gasteiger partial charge in [0.05, 0.1) is 29.6 Å². The van der Waals surface area contributed by atoms with Gasteiger partial charge >= 0.3 is 12.1 Å². The number of nitrogens with zero attached hydrogens (tertiary/aromatic N) is 3. The predicted octanol–water partition coefficient (Wildman–Crippen LogP) is 6.69. The van der Waals surface area contributed by atoms with Gasteiger partial charge in [-0.15, -0.1) is 11.8 Å². The molecule has 2 fully saturated rings. The first kappa shape index (κ1) is 27.2. The van der Waals surface area contributed by atoms with Gasteiger partial charge in [0.15, 0.2) is 0 Å². The number of benzene rings is 3. The van der Waals surface area contributed by atoms with Crippen molar-refractivity contribution in [3.05, 3.63) is 83.2 Å². The molecule has 1 saturated heterocycles. The fourth-order valence-electron chi connectivity index (χ4n) is 4.78. The van der Waals surface area contributed by atoms with Crippen LogP contribution in [-0.4, -0.2) is 34.7 Å². The highest BCUT2D eigenvalue weighted by atomic mass is 32.2. The molecule has 3 aromatic carbocycles. The maximum atomic E-state index is 14.2. The van der Waals surface area contributed by atoms with E-state index in [0.29, 0.717) is 22.5 Å². The first-order valence-electron chi connectivity index (χ1n) is 12.8. The van der Waals surface area contributed by atoms with Gasteiger partial charge in [0.25, 0.3) is 5.91 Å². The van der Waals surface area contributed by atoms with Crippen LogP contribution >= 0.6 is 11.8 Å². The number of anilines is 3. The summed E-state index contributed by atoms with van der Waals surface area (Å²) in [6.07, 6.45) is 3.89.